The first-order valence-electron chi connectivity index (χ1n) is 9.08. The summed E-state index contributed by atoms with van der Waals surface area (Å²) in [6.45, 7) is 0. The highest BCUT2D eigenvalue weighted by molar-refractivity contribution is 9.10. The van der Waals surface area contributed by atoms with Crippen molar-refractivity contribution in [3.8, 4) is 0 Å². The SMILES string of the molecule is CN(C)C1CCC(Nc2nc(Nc3ccc(S(N)(=O)=O)cc3)ncc2Br)CC1. The molecule has 0 unspecified atom stereocenters. The molecule has 1 aromatic heterocycles. The summed E-state index contributed by atoms with van der Waals surface area (Å²) in [6.07, 6.45) is 6.21. The number of sulfonamides is 1. The van der Waals surface area contributed by atoms with Gasteiger partial charge in [0.1, 0.15) is 5.82 Å². The summed E-state index contributed by atoms with van der Waals surface area (Å²) in [5.41, 5.74) is 0.673. The van der Waals surface area contributed by atoms with Crippen LogP contribution in [-0.2, 0) is 10.0 Å². The molecular formula is C18H25BrN6O2S. The van der Waals surface area contributed by atoms with Crippen molar-refractivity contribution in [2.24, 2.45) is 5.14 Å². The van der Waals surface area contributed by atoms with E-state index in [1.165, 1.54) is 12.1 Å². The van der Waals surface area contributed by atoms with Gasteiger partial charge in [0.05, 0.1) is 9.37 Å². The standard InChI is InChI=1S/C18H25BrN6O2S/c1-25(2)14-7-3-12(4-8-14)22-17-16(19)11-21-18(24-17)23-13-5-9-15(10-6-13)28(20,26)27/h5-6,9-12,14H,3-4,7-8H2,1-2H3,(H2,20,26,27)(H2,21,22,23,24). The van der Waals surface area contributed by atoms with Crippen LogP contribution in [-0.4, -0.2) is 49.5 Å². The maximum absolute atomic E-state index is 11.3. The molecule has 4 N–H and O–H groups in total. The predicted molar refractivity (Wildman–Crippen MR) is 114 cm³/mol. The monoisotopic (exact) mass is 468 g/mol. The zero-order valence-corrected chi connectivity index (χ0v) is 18.3. The molecule has 2 aromatic rings. The Morgan fingerprint density at radius 1 is 1.14 bits per heavy atom. The van der Waals surface area contributed by atoms with Crippen molar-refractivity contribution in [1.82, 2.24) is 14.9 Å². The van der Waals surface area contributed by atoms with E-state index in [1.54, 1.807) is 18.3 Å². The van der Waals surface area contributed by atoms with Crippen molar-refractivity contribution >= 4 is 43.4 Å². The molecule has 1 aromatic carbocycles. The topological polar surface area (TPSA) is 113 Å². The van der Waals surface area contributed by atoms with Gasteiger partial charge in [0.25, 0.3) is 0 Å². The van der Waals surface area contributed by atoms with Crippen molar-refractivity contribution in [2.45, 2.75) is 42.7 Å². The molecule has 1 aliphatic carbocycles. The molecule has 28 heavy (non-hydrogen) atoms. The van der Waals surface area contributed by atoms with Crippen molar-refractivity contribution in [2.75, 3.05) is 24.7 Å². The Labute approximate surface area is 174 Å². The molecule has 0 spiro atoms. The first-order valence-corrected chi connectivity index (χ1v) is 11.4. The summed E-state index contributed by atoms with van der Waals surface area (Å²) in [5, 5.41) is 11.7. The summed E-state index contributed by atoms with van der Waals surface area (Å²) in [6, 6.07) is 7.16. The molecule has 10 heteroatoms. The number of aromatic nitrogens is 2. The lowest BCUT2D eigenvalue weighted by atomic mass is 9.90. The second-order valence-corrected chi connectivity index (χ2v) is 9.61. The fourth-order valence-electron chi connectivity index (χ4n) is 3.32. The van der Waals surface area contributed by atoms with Crippen LogP contribution in [0.1, 0.15) is 25.7 Å². The minimum atomic E-state index is -3.71. The highest BCUT2D eigenvalue weighted by atomic mass is 79.9. The molecule has 152 valence electrons. The minimum absolute atomic E-state index is 0.0606. The zero-order valence-electron chi connectivity index (χ0n) is 15.9. The predicted octanol–water partition coefficient (Wildman–Crippen LogP) is 2.91. The van der Waals surface area contributed by atoms with Crippen LogP contribution in [0.25, 0.3) is 0 Å². The molecular weight excluding hydrogens is 444 g/mol. The molecule has 1 aliphatic rings. The van der Waals surface area contributed by atoms with Gasteiger partial charge in [0.15, 0.2) is 0 Å². The van der Waals surface area contributed by atoms with E-state index in [-0.39, 0.29) is 4.90 Å². The number of nitrogens with one attached hydrogen (secondary N) is 2. The van der Waals surface area contributed by atoms with E-state index >= 15 is 0 Å². The first-order chi connectivity index (χ1) is 13.2. The number of benzene rings is 1. The molecule has 1 fully saturated rings. The summed E-state index contributed by atoms with van der Waals surface area (Å²) in [7, 11) is 0.555. The fourth-order valence-corrected chi connectivity index (χ4v) is 4.14. The van der Waals surface area contributed by atoms with Crippen LogP contribution in [0, 0.1) is 0 Å². The van der Waals surface area contributed by atoms with E-state index in [0.29, 0.717) is 23.7 Å². The fraction of sp³-hybridized carbons (Fsp3) is 0.444. The number of anilines is 3. The van der Waals surface area contributed by atoms with Gasteiger partial charge in [-0.2, -0.15) is 4.98 Å². The Morgan fingerprint density at radius 2 is 1.79 bits per heavy atom. The Balaban J connectivity index is 1.66. The quantitative estimate of drug-likeness (QED) is 0.596. The first kappa shape index (κ1) is 21.0. The Hall–Kier alpha value is -1.75. The lowest BCUT2D eigenvalue weighted by molar-refractivity contribution is 0.221. The van der Waals surface area contributed by atoms with Crippen molar-refractivity contribution in [1.29, 1.82) is 0 Å². The summed E-state index contributed by atoms with van der Waals surface area (Å²) >= 11 is 3.51. The number of hydrogen-bond acceptors (Lipinski definition) is 7. The van der Waals surface area contributed by atoms with E-state index in [9.17, 15) is 8.42 Å². The van der Waals surface area contributed by atoms with Gasteiger partial charge >= 0.3 is 0 Å². The normalized spacial score (nSPS) is 20.2. The van der Waals surface area contributed by atoms with Crippen LogP contribution in [0.3, 0.4) is 0 Å². The highest BCUT2D eigenvalue weighted by Crippen LogP contribution is 2.28. The average Bonchev–Trinajstić information content (AvgIpc) is 2.64. The van der Waals surface area contributed by atoms with E-state index in [0.717, 1.165) is 36.0 Å². The second-order valence-electron chi connectivity index (χ2n) is 7.20. The Bertz CT molecular complexity index is 912. The number of rotatable bonds is 6. The van der Waals surface area contributed by atoms with Crippen LogP contribution < -0.4 is 15.8 Å². The third-order valence-corrected chi connectivity index (χ3v) is 6.46. The molecule has 0 saturated heterocycles. The number of nitrogens with two attached hydrogens (primary N) is 1. The van der Waals surface area contributed by atoms with Gasteiger partial charge in [-0.05, 0) is 80.0 Å². The van der Waals surface area contributed by atoms with E-state index < -0.39 is 10.0 Å². The van der Waals surface area contributed by atoms with Gasteiger partial charge in [-0.25, -0.2) is 18.5 Å². The summed E-state index contributed by atoms with van der Waals surface area (Å²) in [5.74, 6) is 1.17. The molecule has 8 nitrogen and oxygen atoms in total. The van der Waals surface area contributed by atoms with Crippen LogP contribution in [0.2, 0.25) is 0 Å². The van der Waals surface area contributed by atoms with Crippen molar-refractivity contribution in [3.05, 3.63) is 34.9 Å². The maximum Gasteiger partial charge on any atom is 0.238 e. The van der Waals surface area contributed by atoms with Crippen molar-refractivity contribution in [3.63, 3.8) is 0 Å². The van der Waals surface area contributed by atoms with E-state index in [1.807, 2.05) is 0 Å². The van der Waals surface area contributed by atoms with Gasteiger partial charge in [-0.15, -0.1) is 0 Å². The number of primary sulfonamides is 1. The van der Waals surface area contributed by atoms with Gasteiger partial charge in [-0.1, -0.05) is 0 Å². The molecule has 3 rings (SSSR count). The Kier molecular flexibility index (Phi) is 6.54. The molecule has 0 radical (unpaired) electrons. The zero-order chi connectivity index (χ0) is 20.3. The van der Waals surface area contributed by atoms with Crippen LogP contribution in [0.5, 0.6) is 0 Å². The van der Waals surface area contributed by atoms with Crippen LogP contribution in [0.15, 0.2) is 39.8 Å². The minimum Gasteiger partial charge on any atom is -0.366 e. The smallest absolute Gasteiger partial charge is 0.238 e. The molecule has 0 atom stereocenters. The van der Waals surface area contributed by atoms with E-state index in [4.69, 9.17) is 5.14 Å². The van der Waals surface area contributed by atoms with Gasteiger partial charge in [0, 0.05) is 24.0 Å². The van der Waals surface area contributed by atoms with Gasteiger partial charge < -0.3 is 15.5 Å². The van der Waals surface area contributed by atoms with Crippen LogP contribution >= 0.6 is 15.9 Å². The third-order valence-electron chi connectivity index (χ3n) is 4.95. The van der Waals surface area contributed by atoms with E-state index in [2.05, 4.69) is 55.5 Å². The highest BCUT2D eigenvalue weighted by Gasteiger charge is 2.23. The largest absolute Gasteiger partial charge is 0.366 e. The van der Waals surface area contributed by atoms with Crippen LogP contribution in [0.4, 0.5) is 17.5 Å². The number of hydrogen-bond donors (Lipinski definition) is 3. The summed E-state index contributed by atoms with van der Waals surface area (Å²) < 4.78 is 23.5. The molecule has 1 saturated carbocycles. The maximum atomic E-state index is 11.3. The second kappa shape index (κ2) is 8.73. The number of nitrogens with zero attached hydrogens (tertiary/aromatic N) is 3. The Morgan fingerprint density at radius 3 is 2.36 bits per heavy atom. The van der Waals surface area contributed by atoms with Crippen molar-refractivity contribution < 1.29 is 8.42 Å². The lowest BCUT2D eigenvalue weighted by Crippen LogP contribution is -2.36. The number of halogens is 1. The lowest BCUT2D eigenvalue weighted by Gasteiger charge is -2.33. The molecule has 1 heterocycles. The molecule has 0 bridgehead atoms. The molecule has 0 amide bonds. The molecule has 0 aliphatic heterocycles. The van der Waals surface area contributed by atoms with Gasteiger partial charge in [0.2, 0.25) is 16.0 Å². The summed E-state index contributed by atoms with van der Waals surface area (Å²) in [4.78, 5) is 11.2. The third kappa shape index (κ3) is 5.40. The van der Waals surface area contributed by atoms with Gasteiger partial charge in [-0.3, -0.25) is 0 Å². The average molecular weight is 469 g/mol.